The van der Waals surface area contributed by atoms with Crippen molar-refractivity contribution in [1.29, 1.82) is 0 Å². The van der Waals surface area contributed by atoms with Crippen LogP contribution in [0.3, 0.4) is 0 Å². The van der Waals surface area contributed by atoms with Crippen LogP contribution in [0.1, 0.15) is 41.9 Å². The van der Waals surface area contributed by atoms with Crippen LogP contribution >= 0.6 is 0 Å². The summed E-state index contributed by atoms with van der Waals surface area (Å²) >= 11 is 0. The smallest absolute Gasteiger partial charge is 0.448 e. The molecule has 1 fully saturated rings. The van der Waals surface area contributed by atoms with E-state index in [1.165, 1.54) is 0 Å². The van der Waals surface area contributed by atoms with Crippen LogP contribution in [0.4, 0.5) is 22.4 Å². The number of benzene rings is 3. The van der Waals surface area contributed by atoms with Gasteiger partial charge in [-0.15, -0.1) is 13.2 Å². The Morgan fingerprint density at radius 2 is 1.59 bits per heavy atom. The van der Waals surface area contributed by atoms with Crippen LogP contribution in [0.5, 0.6) is 5.75 Å². The maximum atomic E-state index is 14.6. The summed E-state index contributed by atoms with van der Waals surface area (Å²) in [5, 5.41) is 0. The number of amides is 1. The van der Waals surface area contributed by atoms with Gasteiger partial charge in [0.2, 0.25) is 0 Å². The van der Waals surface area contributed by atoms with E-state index in [1.54, 1.807) is 11.0 Å². The molecule has 1 amide bonds. The van der Waals surface area contributed by atoms with E-state index in [4.69, 9.17) is 4.74 Å². The second-order valence-electron chi connectivity index (χ2n) is 9.60. The SMILES string of the molecule is O=C(OCC1c2ccccc2-c2ccccc21)N1C2C=C(c3cc(OC(F)(F)F)ccc3F)CC1CC2. The fourth-order valence-corrected chi connectivity index (χ4v) is 5.93. The van der Waals surface area contributed by atoms with Crippen LogP contribution in [0.2, 0.25) is 0 Å². The van der Waals surface area contributed by atoms with E-state index in [9.17, 15) is 22.4 Å². The summed E-state index contributed by atoms with van der Waals surface area (Å²) in [5.74, 6) is -1.17. The minimum atomic E-state index is -4.87. The molecule has 0 N–H and O–H groups in total. The summed E-state index contributed by atoms with van der Waals surface area (Å²) in [6.45, 7) is 0.199. The summed E-state index contributed by atoms with van der Waals surface area (Å²) in [6, 6.07) is 18.7. The summed E-state index contributed by atoms with van der Waals surface area (Å²) in [7, 11) is 0. The molecular weight excluding hydrogens is 486 g/mol. The number of nitrogens with zero attached hydrogens (tertiary/aromatic N) is 1. The van der Waals surface area contributed by atoms with Crippen LogP contribution in [-0.4, -0.2) is 36.0 Å². The first-order chi connectivity index (χ1) is 17.8. The van der Waals surface area contributed by atoms with Gasteiger partial charge in [-0.2, -0.15) is 0 Å². The number of ether oxygens (including phenoxy) is 2. The molecule has 2 heterocycles. The van der Waals surface area contributed by atoms with Gasteiger partial charge < -0.3 is 9.47 Å². The highest BCUT2D eigenvalue weighted by atomic mass is 19.4. The first-order valence-corrected chi connectivity index (χ1v) is 12.2. The average molecular weight is 509 g/mol. The number of hydrogen-bond acceptors (Lipinski definition) is 3. The minimum absolute atomic E-state index is 0.0598. The van der Waals surface area contributed by atoms with Gasteiger partial charge in [-0.3, -0.25) is 4.90 Å². The first-order valence-electron chi connectivity index (χ1n) is 12.2. The summed E-state index contributed by atoms with van der Waals surface area (Å²) in [6.07, 6.45) is -1.82. The molecule has 3 aliphatic rings. The zero-order valence-electron chi connectivity index (χ0n) is 19.7. The number of halogens is 4. The average Bonchev–Trinajstić information content (AvgIpc) is 3.33. The lowest BCUT2D eigenvalue weighted by molar-refractivity contribution is -0.274. The molecule has 37 heavy (non-hydrogen) atoms. The molecule has 0 radical (unpaired) electrons. The van der Waals surface area contributed by atoms with Gasteiger partial charge in [0.05, 0.1) is 6.04 Å². The van der Waals surface area contributed by atoms with E-state index in [1.807, 2.05) is 24.3 Å². The first kappa shape index (κ1) is 23.6. The molecule has 3 aromatic rings. The van der Waals surface area contributed by atoms with Crippen molar-refractivity contribution in [3.63, 3.8) is 0 Å². The van der Waals surface area contributed by atoms with Gasteiger partial charge in [0.25, 0.3) is 0 Å². The van der Waals surface area contributed by atoms with Gasteiger partial charge in [-0.25, -0.2) is 9.18 Å². The standard InChI is InChI=1S/C29H23F4NO3/c30-27-12-11-20(37-29(31,32)33)15-25(27)17-13-18-9-10-19(14-17)34(18)28(35)36-16-26-23-7-3-1-5-21(23)22-6-2-4-8-24(22)26/h1-8,11-13,15,18-19,26H,9-10,14,16H2. The molecule has 2 unspecified atom stereocenters. The molecule has 0 spiro atoms. The third kappa shape index (κ3) is 4.34. The Morgan fingerprint density at radius 3 is 2.24 bits per heavy atom. The quantitative estimate of drug-likeness (QED) is 0.347. The highest BCUT2D eigenvalue weighted by molar-refractivity contribution is 5.79. The Bertz CT molecular complexity index is 1350. The van der Waals surface area contributed by atoms with Crippen LogP contribution in [-0.2, 0) is 4.74 Å². The van der Waals surface area contributed by atoms with Crippen molar-refractivity contribution in [2.45, 2.75) is 43.6 Å². The van der Waals surface area contributed by atoms with E-state index in [-0.39, 0.29) is 30.2 Å². The zero-order valence-corrected chi connectivity index (χ0v) is 19.7. The van der Waals surface area contributed by atoms with Gasteiger partial charge >= 0.3 is 12.5 Å². The van der Waals surface area contributed by atoms with Crippen molar-refractivity contribution in [1.82, 2.24) is 4.90 Å². The summed E-state index contributed by atoms with van der Waals surface area (Å²) in [4.78, 5) is 14.9. The molecule has 2 aliphatic heterocycles. The van der Waals surface area contributed by atoms with Crippen molar-refractivity contribution in [3.8, 4) is 16.9 Å². The van der Waals surface area contributed by atoms with Crippen molar-refractivity contribution < 1.29 is 31.8 Å². The summed E-state index contributed by atoms with van der Waals surface area (Å²) in [5.41, 5.74) is 5.16. The van der Waals surface area contributed by atoms with E-state index < -0.39 is 24.0 Å². The Morgan fingerprint density at radius 1 is 0.919 bits per heavy atom. The second kappa shape index (κ2) is 8.94. The zero-order chi connectivity index (χ0) is 25.7. The lowest BCUT2D eigenvalue weighted by atomic mass is 9.94. The normalized spacial score (nSPS) is 20.3. The summed E-state index contributed by atoms with van der Waals surface area (Å²) < 4.78 is 62.3. The molecule has 4 nitrogen and oxygen atoms in total. The van der Waals surface area contributed by atoms with Gasteiger partial charge in [0.15, 0.2) is 0 Å². The Balaban J connectivity index is 1.19. The van der Waals surface area contributed by atoms with E-state index in [0.29, 0.717) is 24.8 Å². The molecule has 2 atom stereocenters. The predicted octanol–water partition coefficient (Wildman–Crippen LogP) is 7.29. The van der Waals surface area contributed by atoms with E-state index >= 15 is 0 Å². The molecule has 0 aromatic heterocycles. The number of alkyl halides is 3. The molecule has 1 aliphatic carbocycles. The van der Waals surface area contributed by atoms with Gasteiger partial charge in [0.1, 0.15) is 18.2 Å². The molecule has 6 rings (SSSR count). The molecule has 0 saturated carbocycles. The van der Waals surface area contributed by atoms with E-state index in [0.717, 1.165) is 40.5 Å². The van der Waals surface area contributed by atoms with Crippen molar-refractivity contribution in [2.75, 3.05) is 6.61 Å². The fraction of sp³-hybridized carbons (Fsp3) is 0.276. The molecule has 2 bridgehead atoms. The fourth-order valence-electron chi connectivity index (χ4n) is 5.93. The van der Waals surface area contributed by atoms with Crippen molar-refractivity contribution >= 4 is 11.7 Å². The van der Waals surface area contributed by atoms with Crippen LogP contribution < -0.4 is 4.74 Å². The molecular formula is C29H23F4NO3. The van der Waals surface area contributed by atoms with Gasteiger partial charge in [-0.05, 0) is 65.3 Å². The predicted molar refractivity (Wildman–Crippen MR) is 129 cm³/mol. The molecule has 8 heteroatoms. The number of carbonyl (C=O) groups is 1. The molecule has 190 valence electrons. The third-order valence-electron chi connectivity index (χ3n) is 7.46. The van der Waals surface area contributed by atoms with Crippen LogP contribution in [0, 0.1) is 5.82 Å². The minimum Gasteiger partial charge on any atom is -0.448 e. The number of rotatable bonds is 4. The maximum absolute atomic E-state index is 14.6. The highest BCUT2D eigenvalue weighted by Crippen LogP contribution is 2.45. The van der Waals surface area contributed by atoms with Crippen molar-refractivity contribution in [2.24, 2.45) is 0 Å². The maximum Gasteiger partial charge on any atom is 0.573 e. The highest BCUT2D eigenvalue weighted by Gasteiger charge is 2.42. The van der Waals surface area contributed by atoms with Gasteiger partial charge in [-0.1, -0.05) is 54.6 Å². The van der Waals surface area contributed by atoms with Crippen LogP contribution in [0.15, 0.2) is 72.8 Å². The van der Waals surface area contributed by atoms with Crippen molar-refractivity contribution in [3.05, 3.63) is 95.3 Å². The lowest BCUT2D eigenvalue weighted by Gasteiger charge is -2.33. The number of carbonyl (C=O) groups excluding carboxylic acids is 1. The largest absolute Gasteiger partial charge is 0.573 e. The second-order valence-corrected chi connectivity index (χ2v) is 9.60. The van der Waals surface area contributed by atoms with Gasteiger partial charge in [0, 0.05) is 17.5 Å². The lowest BCUT2D eigenvalue weighted by Crippen LogP contribution is -2.43. The van der Waals surface area contributed by atoms with E-state index in [2.05, 4.69) is 29.0 Å². The Labute approximate surface area is 211 Å². The Hall–Kier alpha value is -3.81. The molecule has 3 aromatic carbocycles. The Kier molecular flexibility index (Phi) is 5.70. The number of fused-ring (bicyclic) bond motifs is 5. The third-order valence-corrected chi connectivity index (χ3v) is 7.46. The van der Waals surface area contributed by atoms with Crippen LogP contribution in [0.25, 0.3) is 16.7 Å². The topological polar surface area (TPSA) is 38.8 Å². The monoisotopic (exact) mass is 509 g/mol. The number of hydrogen-bond donors (Lipinski definition) is 0. The molecule has 1 saturated heterocycles.